The Bertz CT molecular complexity index is 1340. The molecule has 0 saturated carbocycles. The van der Waals surface area contributed by atoms with Crippen molar-refractivity contribution in [1.29, 1.82) is 0 Å². The predicted molar refractivity (Wildman–Crippen MR) is 160 cm³/mol. The van der Waals surface area contributed by atoms with E-state index in [1.165, 1.54) is 0 Å². The third-order valence-corrected chi connectivity index (χ3v) is 7.17. The Labute approximate surface area is 241 Å². The lowest BCUT2D eigenvalue weighted by molar-refractivity contribution is -0.439. The zero-order valence-electron chi connectivity index (χ0n) is 24.0. The largest absolute Gasteiger partial charge is 0.497 e. The van der Waals surface area contributed by atoms with Crippen LogP contribution in [0, 0.1) is 10.1 Å². The molecule has 1 aliphatic rings. The monoisotopic (exact) mass is 557 g/mol. The summed E-state index contributed by atoms with van der Waals surface area (Å²) >= 11 is 0. The van der Waals surface area contributed by atoms with Crippen LogP contribution >= 0.6 is 0 Å². The summed E-state index contributed by atoms with van der Waals surface area (Å²) in [4.78, 5) is 16.8. The Balaban J connectivity index is 1.76. The lowest BCUT2D eigenvalue weighted by atomic mass is 9.90. The Kier molecular flexibility index (Phi) is 10.3. The molecule has 0 aliphatic carbocycles. The van der Waals surface area contributed by atoms with Crippen molar-refractivity contribution in [3.8, 4) is 11.5 Å². The average molecular weight is 558 g/mol. The van der Waals surface area contributed by atoms with Crippen molar-refractivity contribution in [1.82, 2.24) is 20.9 Å². The summed E-state index contributed by atoms with van der Waals surface area (Å²) in [5.74, 6) is 1.49. The van der Waals surface area contributed by atoms with E-state index in [1.54, 1.807) is 26.6 Å². The van der Waals surface area contributed by atoms with E-state index in [0.717, 1.165) is 59.6 Å². The van der Waals surface area contributed by atoms with Crippen LogP contribution in [0.15, 0.2) is 96.2 Å². The summed E-state index contributed by atoms with van der Waals surface area (Å²) < 4.78 is 10.7. The third-order valence-electron chi connectivity index (χ3n) is 7.17. The number of methoxy groups -OCH3 is 2. The van der Waals surface area contributed by atoms with Crippen molar-refractivity contribution >= 4 is 0 Å². The number of nitrogens with one attached hydrogen (secondary N) is 3. The van der Waals surface area contributed by atoms with E-state index >= 15 is 0 Å². The van der Waals surface area contributed by atoms with Crippen molar-refractivity contribution in [3.05, 3.63) is 123 Å². The third kappa shape index (κ3) is 7.85. The Morgan fingerprint density at radius 2 is 1.61 bits per heavy atom. The molecule has 3 aromatic rings. The highest BCUT2D eigenvalue weighted by atomic mass is 16.6. The molecule has 1 aromatic heterocycles. The fraction of sp³-hybridized carbons (Fsp3) is 0.344. The number of benzene rings is 2. The van der Waals surface area contributed by atoms with Gasteiger partial charge in [0.25, 0.3) is 0 Å². The lowest BCUT2D eigenvalue weighted by Crippen LogP contribution is -2.62. The fourth-order valence-electron chi connectivity index (χ4n) is 5.00. The highest BCUT2D eigenvalue weighted by molar-refractivity contribution is 5.40. The summed E-state index contributed by atoms with van der Waals surface area (Å²) in [6.45, 7) is 2.98. The number of aromatic nitrogens is 1. The predicted octanol–water partition coefficient (Wildman–Crippen LogP) is 5.47. The second-order valence-electron chi connectivity index (χ2n) is 10.1. The molecule has 1 aliphatic heterocycles. The zero-order valence-corrected chi connectivity index (χ0v) is 24.0. The quantitative estimate of drug-likeness (QED) is 0.128. The molecule has 3 N–H and O–H groups in total. The zero-order chi connectivity index (χ0) is 29.1. The van der Waals surface area contributed by atoms with Crippen LogP contribution in [-0.2, 0) is 19.5 Å². The fourth-order valence-corrected chi connectivity index (χ4v) is 5.00. The van der Waals surface area contributed by atoms with Gasteiger partial charge in [-0.3, -0.25) is 20.4 Å². The van der Waals surface area contributed by atoms with E-state index in [1.807, 2.05) is 66.7 Å². The van der Waals surface area contributed by atoms with Gasteiger partial charge in [0.15, 0.2) is 5.66 Å². The van der Waals surface area contributed by atoms with Crippen LogP contribution in [0.1, 0.15) is 49.3 Å². The summed E-state index contributed by atoms with van der Waals surface area (Å²) in [5, 5.41) is 23.4. The van der Waals surface area contributed by atoms with Gasteiger partial charge in [-0.25, -0.2) is 0 Å². The van der Waals surface area contributed by atoms with E-state index in [0.29, 0.717) is 25.2 Å². The number of nitrogens with zero attached hydrogens (tertiary/aromatic N) is 2. The first-order valence-electron chi connectivity index (χ1n) is 14.0. The number of pyridine rings is 1. The van der Waals surface area contributed by atoms with Crippen LogP contribution in [0.4, 0.5) is 0 Å². The van der Waals surface area contributed by atoms with Crippen molar-refractivity contribution < 1.29 is 14.4 Å². The smallest absolute Gasteiger partial charge is 0.309 e. The van der Waals surface area contributed by atoms with Crippen LogP contribution in [0.2, 0.25) is 0 Å². The molecule has 9 nitrogen and oxygen atoms in total. The molecule has 0 spiro atoms. The van der Waals surface area contributed by atoms with Crippen LogP contribution < -0.4 is 25.4 Å². The van der Waals surface area contributed by atoms with Crippen LogP contribution in [0.5, 0.6) is 11.5 Å². The molecular weight excluding hydrogens is 518 g/mol. The van der Waals surface area contributed by atoms with Crippen LogP contribution in [0.25, 0.3) is 0 Å². The number of unbranched alkanes of at least 4 members (excludes halogenated alkanes) is 2. The highest BCUT2D eigenvalue weighted by Crippen LogP contribution is 2.31. The molecule has 0 radical (unpaired) electrons. The highest BCUT2D eigenvalue weighted by Gasteiger charge is 2.47. The molecule has 9 heteroatoms. The summed E-state index contributed by atoms with van der Waals surface area (Å²) in [6, 6.07) is 19.2. The normalized spacial score (nSPS) is 16.5. The molecule has 2 aromatic carbocycles. The minimum atomic E-state index is -1.19. The lowest BCUT2D eigenvalue weighted by Gasteiger charge is -2.38. The molecule has 0 saturated heterocycles. The maximum Gasteiger partial charge on any atom is 0.309 e. The van der Waals surface area contributed by atoms with Crippen molar-refractivity contribution in [2.45, 2.75) is 57.8 Å². The minimum absolute atomic E-state index is 0.0463. The molecule has 41 heavy (non-hydrogen) atoms. The molecule has 0 fully saturated rings. The van der Waals surface area contributed by atoms with Gasteiger partial charge in [-0.15, -0.1) is 0 Å². The van der Waals surface area contributed by atoms with Crippen LogP contribution in [0.3, 0.4) is 0 Å². The Hall–Kier alpha value is -4.37. The van der Waals surface area contributed by atoms with Gasteiger partial charge >= 0.3 is 5.70 Å². The molecule has 0 bridgehead atoms. The number of hydrogen-bond acceptors (Lipinski definition) is 8. The number of allylic oxidation sites excluding steroid dienone is 2. The van der Waals surface area contributed by atoms with Gasteiger partial charge in [-0.05, 0) is 65.9 Å². The maximum absolute atomic E-state index is 12.9. The number of dihydropyridines is 1. The first kappa shape index (κ1) is 29.6. The van der Waals surface area contributed by atoms with Gasteiger partial charge < -0.3 is 20.1 Å². The summed E-state index contributed by atoms with van der Waals surface area (Å²) in [5.41, 5.74) is 3.15. The second kappa shape index (κ2) is 14.3. The van der Waals surface area contributed by atoms with Gasteiger partial charge in [0.1, 0.15) is 17.2 Å². The first-order chi connectivity index (χ1) is 20.0. The van der Waals surface area contributed by atoms with Gasteiger partial charge in [-0.1, -0.05) is 50.1 Å². The van der Waals surface area contributed by atoms with Crippen LogP contribution in [-0.4, -0.2) is 29.8 Å². The van der Waals surface area contributed by atoms with E-state index < -0.39 is 5.66 Å². The summed E-state index contributed by atoms with van der Waals surface area (Å²) in [7, 11) is 3.25. The molecular formula is C32H39N5O4. The second-order valence-corrected chi connectivity index (χ2v) is 10.1. The number of hydrogen-bond donors (Lipinski definition) is 3. The van der Waals surface area contributed by atoms with Gasteiger partial charge in [0, 0.05) is 37.6 Å². The van der Waals surface area contributed by atoms with E-state index in [4.69, 9.17) is 9.47 Å². The molecule has 216 valence electrons. The van der Waals surface area contributed by atoms with Crippen molar-refractivity contribution in [2.24, 2.45) is 0 Å². The van der Waals surface area contributed by atoms with Gasteiger partial charge in [0.05, 0.1) is 19.1 Å². The number of rotatable bonds is 15. The average Bonchev–Trinajstić information content (AvgIpc) is 3.00. The summed E-state index contributed by atoms with van der Waals surface area (Å²) in [6.07, 6.45) is 9.64. The van der Waals surface area contributed by atoms with Gasteiger partial charge in [-0.2, -0.15) is 0 Å². The molecule has 1 unspecified atom stereocenters. The maximum atomic E-state index is 12.9. The molecule has 1 atom stereocenters. The first-order valence-corrected chi connectivity index (χ1v) is 14.0. The topological polar surface area (TPSA) is 111 Å². The standard InChI is InChI=1S/C32H39N5O4/c1-4-5-6-9-27-19-30(34-22-26-8-7-18-33-21-26)31(37(38)39)32(36-27,20-24-10-14-28(40-2)15-11-24)35-23-25-12-16-29(41-3)17-13-25/h7-8,10-19,21,34-36H,4-6,9,20,22-23H2,1-3H3. The van der Waals surface area contributed by atoms with E-state index in [2.05, 4.69) is 27.9 Å². The molecule has 0 amide bonds. The molecule has 4 rings (SSSR count). The van der Waals surface area contributed by atoms with E-state index in [9.17, 15) is 10.1 Å². The minimum Gasteiger partial charge on any atom is -0.497 e. The van der Waals surface area contributed by atoms with Gasteiger partial charge in [0.2, 0.25) is 0 Å². The Morgan fingerprint density at radius 1 is 0.927 bits per heavy atom. The van der Waals surface area contributed by atoms with Crippen molar-refractivity contribution in [2.75, 3.05) is 14.2 Å². The van der Waals surface area contributed by atoms with E-state index in [-0.39, 0.29) is 10.6 Å². The van der Waals surface area contributed by atoms with Crippen molar-refractivity contribution in [3.63, 3.8) is 0 Å². The number of nitro groups is 1. The Morgan fingerprint density at radius 3 is 2.20 bits per heavy atom. The SMILES string of the molecule is CCCCCC1=CC(NCc2cccnc2)=C([N+](=O)[O-])C(Cc2ccc(OC)cc2)(NCc2ccc(OC)cc2)N1. The number of ether oxygens (including phenoxy) is 2. The molecule has 2 heterocycles.